The summed E-state index contributed by atoms with van der Waals surface area (Å²) in [7, 11) is 1.57. The lowest BCUT2D eigenvalue weighted by atomic mass is 10.2. The lowest BCUT2D eigenvalue weighted by molar-refractivity contribution is 0.101. The van der Waals surface area contributed by atoms with Gasteiger partial charge < -0.3 is 0 Å². The molecule has 112 valence electrons. The van der Waals surface area contributed by atoms with Gasteiger partial charge in [-0.25, -0.2) is 4.39 Å². The summed E-state index contributed by atoms with van der Waals surface area (Å²) in [5.74, 6) is -1.26. The lowest BCUT2D eigenvalue weighted by Gasteiger charge is -2.07. The summed E-state index contributed by atoms with van der Waals surface area (Å²) in [6.45, 7) is 1.74. The molecule has 0 unspecified atom stereocenters. The van der Waals surface area contributed by atoms with E-state index < -0.39 is 17.2 Å². The first kappa shape index (κ1) is 14.3. The van der Waals surface area contributed by atoms with Gasteiger partial charge in [-0.2, -0.15) is 5.10 Å². The maximum absolute atomic E-state index is 13.3. The Kier molecular flexibility index (Phi) is 3.41. The molecule has 3 aromatic rings. The van der Waals surface area contributed by atoms with Gasteiger partial charge in [-0.15, -0.1) is 10.2 Å². The third-order valence-corrected chi connectivity index (χ3v) is 3.73. The predicted octanol–water partition coefficient (Wildman–Crippen LogP) is 1.48. The molecule has 1 aromatic carbocycles. The van der Waals surface area contributed by atoms with Crippen molar-refractivity contribution in [2.24, 2.45) is 7.05 Å². The SMILES string of the molecule is Cc1nnc(NC(=O)c2nn(C)c3ccc(F)cc3c2=O)s1. The zero-order chi connectivity index (χ0) is 15.9. The van der Waals surface area contributed by atoms with E-state index in [9.17, 15) is 14.0 Å². The lowest BCUT2D eigenvalue weighted by Crippen LogP contribution is -2.26. The number of benzene rings is 1. The third-order valence-electron chi connectivity index (χ3n) is 2.98. The first-order chi connectivity index (χ1) is 10.5. The summed E-state index contributed by atoms with van der Waals surface area (Å²) < 4.78 is 14.7. The van der Waals surface area contributed by atoms with Crippen molar-refractivity contribution < 1.29 is 9.18 Å². The van der Waals surface area contributed by atoms with Crippen molar-refractivity contribution in [3.63, 3.8) is 0 Å². The number of anilines is 1. The summed E-state index contributed by atoms with van der Waals surface area (Å²) in [5.41, 5.74) is -0.519. The highest BCUT2D eigenvalue weighted by Crippen LogP contribution is 2.15. The Balaban J connectivity index is 2.09. The Labute approximate surface area is 127 Å². The van der Waals surface area contributed by atoms with Gasteiger partial charge in [0.25, 0.3) is 5.91 Å². The second-order valence-corrected chi connectivity index (χ2v) is 5.72. The van der Waals surface area contributed by atoms with Crippen LogP contribution in [0.5, 0.6) is 0 Å². The summed E-state index contributed by atoms with van der Waals surface area (Å²) in [6, 6.07) is 3.76. The van der Waals surface area contributed by atoms with Crippen molar-refractivity contribution >= 4 is 33.3 Å². The first-order valence-electron chi connectivity index (χ1n) is 6.24. The van der Waals surface area contributed by atoms with Crippen molar-refractivity contribution in [1.29, 1.82) is 0 Å². The molecule has 22 heavy (non-hydrogen) atoms. The fourth-order valence-electron chi connectivity index (χ4n) is 2.00. The zero-order valence-electron chi connectivity index (χ0n) is 11.6. The van der Waals surface area contributed by atoms with Crippen LogP contribution in [0.4, 0.5) is 9.52 Å². The van der Waals surface area contributed by atoms with Gasteiger partial charge >= 0.3 is 0 Å². The van der Waals surface area contributed by atoms with Crippen LogP contribution in [0.1, 0.15) is 15.5 Å². The second-order valence-electron chi connectivity index (χ2n) is 4.54. The van der Waals surface area contributed by atoms with Gasteiger partial charge in [0, 0.05) is 7.05 Å². The van der Waals surface area contributed by atoms with E-state index in [-0.39, 0.29) is 16.2 Å². The number of fused-ring (bicyclic) bond motifs is 1. The zero-order valence-corrected chi connectivity index (χ0v) is 12.4. The molecule has 0 atom stereocenters. The number of hydrogen-bond donors (Lipinski definition) is 1. The molecule has 0 spiro atoms. The number of nitrogens with zero attached hydrogens (tertiary/aromatic N) is 4. The molecule has 0 saturated carbocycles. The number of rotatable bonds is 2. The molecule has 2 heterocycles. The van der Waals surface area contributed by atoms with Gasteiger partial charge in [0.1, 0.15) is 10.8 Å². The average Bonchev–Trinajstić information content (AvgIpc) is 2.87. The quantitative estimate of drug-likeness (QED) is 0.773. The maximum atomic E-state index is 13.3. The molecule has 0 aliphatic rings. The minimum atomic E-state index is -0.706. The minimum Gasteiger partial charge on any atom is -0.295 e. The molecular weight excluding hydrogens is 309 g/mol. The summed E-state index contributed by atoms with van der Waals surface area (Å²) in [4.78, 5) is 24.5. The topological polar surface area (TPSA) is 89.8 Å². The van der Waals surface area contributed by atoms with Crippen LogP contribution in [0.15, 0.2) is 23.0 Å². The van der Waals surface area contributed by atoms with Crippen molar-refractivity contribution in [3.8, 4) is 0 Å². The molecular formula is C13H10FN5O2S. The molecule has 0 aliphatic carbocycles. The highest BCUT2D eigenvalue weighted by Gasteiger charge is 2.18. The Bertz CT molecular complexity index is 949. The molecule has 7 nitrogen and oxygen atoms in total. The fraction of sp³-hybridized carbons (Fsp3) is 0.154. The molecule has 1 amide bonds. The van der Waals surface area contributed by atoms with E-state index in [0.29, 0.717) is 10.5 Å². The second kappa shape index (κ2) is 5.26. The Hall–Kier alpha value is -2.68. The van der Waals surface area contributed by atoms with Gasteiger partial charge in [-0.05, 0) is 25.1 Å². The number of aromatic nitrogens is 4. The van der Waals surface area contributed by atoms with Crippen LogP contribution in [-0.2, 0) is 7.05 Å². The Morgan fingerprint density at radius 3 is 2.82 bits per heavy atom. The van der Waals surface area contributed by atoms with E-state index in [1.54, 1.807) is 14.0 Å². The van der Waals surface area contributed by atoms with E-state index in [1.165, 1.54) is 28.2 Å². The van der Waals surface area contributed by atoms with Gasteiger partial charge in [0.15, 0.2) is 5.69 Å². The van der Waals surface area contributed by atoms with Crippen LogP contribution < -0.4 is 10.7 Å². The summed E-state index contributed by atoms with van der Waals surface area (Å²) in [5, 5.41) is 15.0. The normalized spacial score (nSPS) is 10.9. The fourth-order valence-corrected chi connectivity index (χ4v) is 2.59. The number of carbonyl (C=O) groups is 1. The predicted molar refractivity (Wildman–Crippen MR) is 79.5 cm³/mol. The van der Waals surface area contributed by atoms with E-state index >= 15 is 0 Å². The summed E-state index contributed by atoms with van der Waals surface area (Å²) >= 11 is 1.18. The average molecular weight is 319 g/mol. The number of nitrogens with one attached hydrogen (secondary N) is 1. The van der Waals surface area contributed by atoms with Crippen molar-refractivity contribution in [3.05, 3.63) is 44.9 Å². The first-order valence-corrected chi connectivity index (χ1v) is 7.05. The van der Waals surface area contributed by atoms with Crippen LogP contribution in [-0.4, -0.2) is 25.9 Å². The minimum absolute atomic E-state index is 0.0936. The van der Waals surface area contributed by atoms with Crippen molar-refractivity contribution in [2.45, 2.75) is 6.92 Å². The van der Waals surface area contributed by atoms with Crippen LogP contribution in [0.2, 0.25) is 0 Å². The number of halogens is 1. The van der Waals surface area contributed by atoms with E-state index in [4.69, 9.17) is 0 Å². The van der Waals surface area contributed by atoms with E-state index in [0.717, 1.165) is 6.07 Å². The van der Waals surface area contributed by atoms with Gasteiger partial charge in [0.2, 0.25) is 10.6 Å². The standard InChI is InChI=1S/C13H10FN5O2S/c1-6-16-17-13(22-6)15-12(21)10-11(20)8-5-7(14)3-4-9(8)19(2)18-10/h3-5H,1-2H3,(H,15,17,21). The third kappa shape index (κ3) is 2.46. The number of aryl methyl sites for hydroxylation is 2. The van der Waals surface area contributed by atoms with E-state index in [2.05, 4.69) is 20.6 Å². The van der Waals surface area contributed by atoms with Gasteiger partial charge in [-0.1, -0.05) is 11.3 Å². The molecule has 0 fully saturated rings. The molecule has 0 saturated heterocycles. The van der Waals surface area contributed by atoms with Crippen molar-refractivity contribution in [2.75, 3.05) is 5.32 Å². The maximum Gasteiger partial charge on any atom is 0.282 e. The molecule has 0 bridgehead atoms. The van der Waals surface area contributed by atoms with Crippen LogP contribution in [0.3, 0.4) is 0 Å². The number of hydrogen-bond acceptors (Lipinski definition) is 6. The highest BCUT2D eigenvalue weighted by molar-refractivity contribution is 7.15. The van der Waals surface area contributed by atoms with Gasteiger partial charge in [-0.3, -0.25) is 19.6 Å². The van der Waals surface area contributed by atoms with Crippen molar-refractivity contribution in [1.82, 2.24) is 20.0 Å². The molecule has 0 radical (unpaired) electrons. The molecule has 2 aromatic heterocycles. The van der Waals surface area contributed by atoms with E-state index in [1.807, 2.05) is 0 Å². The largest absolute Gasteiger partial charge is 0.295 e. The Morgan fingerprint density at radius 1 is 1.36 bits per heavy atom. The number of amides is 1. The molecule has 1 N–H and O–H groups in total. The molecule has 0 aliphatic heterocycles. The smallest absolute Gasteiger partial charge is 0.282 e. The van der Waals surface area contributed by atoms with Crippen LogP contribution in [0.25, 0.3) is 10.9 Å². The van der Waals surface area contributed by atoms with Gasteiger partial charge in [0.05, 0.1) is 10.9 Å². The number of carbonyl (C=O) groups excluding carboxylic acids is 1. The molecule has 3 rings (SSSR count). The highest BCUT2D eigenvalue weighted by atomic mass is 32.1. The van der Waals surface area contributed by atoms with Crippen LogP contribution >= 0.6 is 11.3 Å². The summed E-state index contributed by atoms with van der Waals surface area (Å²) in [6.07, 6.45) is 0. The Morgan fingerprint density at radius 2 is 2.14 bits per heavy atom. The monoisotopic (exact) mass is 319 g/mol. The molecule has 9 heteroatoms. The van der Waals surface area contributed by atoms with Crippen LogP contribution in [0, 0.1) is 12.7 Å².